The topological polar surface area (TPSA) is 95.0 Å². The largest absolute Gasteiger partial charge is 0.376 e. The van der Waals surface area contributed by atoms with Crippen molar-refractivity contribution in [1.29, 1.82) is 5.26 Å². The molecule has 2 N–H and O–H groups in total. The Balaban J connectivity index is 2.08. The predicted octanol–water partition coefficient (Wildman–Crippen LogP) is 0.464. The minimum atomic E-state index is -0.546. The van der Waals surface area contributed by atoms with Crippen molar-refractivity contribution in [2.45, 2.75) is 25.9 Å². The van der Waals surface area contributed by atoms with Crippen LogP contribution < -0.4 is 10.9 Å². The number of rotatable bonds is 3. The maximum absolute atomic E-state index is 12.0. The number of aryl methyl sites for hydroxylation is 1. The molecule has 0 aliphatic carbocycles. The Morgan fingerprint density at radius 1 is 1.68 bits per heavy atom. The molecular formula is C13H15N3O3. The van der Waals surface area contributed by atoms with E-state index in [0.29, 0.717) is 12.1 Å². The van der Waals surface area contributed by atoms with Gasteiger partial charge in [-0.15, -0.1) is 0 Å². The lowest BCUT2D eigenvalue weighted by molar-refractivity contribution is 0.0853. The molecule has 1 fully saturated rings. The van der Waals surface area contributed by atoms with Crippen molar-refractivity contribution < 1.29 is 9.53 Å². The molecule has 0 radical (unpaired) electrons. The van der Waals surface area contributed by atoms with Crippen LogP contribution in [0.2, 0.25) is 0 Å². The van der Waals surface area contributed by atoms with Gasteiger partial charge in [-0.2, -0.15) is 5.26 Å². The van der Waals surface area contributed by atoms with Gasteiger partial charge < -0.3 is 15.0 Å². The van der Waals surface area contributed by atoms with Gasteiger partial charge in [-0.3, -0.25) is 9.59 Å². The highest BCUT2D eigenvalue weighted by molar-refractivity contribution is 5.93. The lowest BCUT2D eigenvalue weighted by atomic mass is 10.1. The second kappa shape index (κ2) is 5.67. The van der Waals surface area contributed by atoms with Crippen LogP contribution in [0.25, 0.3) is 0 Å². The van der Waals surface area contributed by atoms with Crippen LogP contribution >= 0.6 is 0 Å². The summed E-state index contributed by atoms with van der Waals surface area (Å²) in [6.45, 7) is 2.84. The first kappa shape index (κ1) is 13.3. The molecule has 6 heteroatoms. The third-order valence-electron chi connectivity index (χ3n) is 3.10. The van der Waals surface area contributed by atoms with E-state index in [1.165, 1.54) is 6.07 Å². The molecule has 0 aromatic carbocycles. The number of nitrogens with one attached hydrogen (secondary N) is 2. The van der Waals surface area contributed by atoms with Crippen molar-refractivity contribution in [2.75, 3.05) is 13.2 Å². The van der Waals surface area contributed by atoms with E-state index in [1.807, 2.05) is 0 Å². The molecule has 2 rings (SSSR count). The predicted molar refractivity (Wildman–Crippen MR) is 67.8 cm³/mol. The maximum Gasteiger partial charge on any atom is 0.268 e. The minimum Gasteiger partial charge on any atom is -0.376 e. The van der Waals surface area contributed by atoms with Crippen molar-refractivity contribution >= 4 is 5.91 Å². The molecule has 1 aliphatic rings. The van der Waals surface area contributed by atoms with E-state index in [0.717, 1.165) is 19.4 Å². The van der Waals surface area contributed by atoms with Gasteiger partial charge in [0.05, 0.1) is 6.10 Å². The van der Waals surface area contributed by atoms with Crippen LogP contribution in [0.3, 0.4) is 0 Å². The highest BCUT2D eigenvalue weighted by atomic mass is 16.5. The van der Waals surface area contributed by atoms with E-state index in [2.05, 4.69) is 10.3 Å². The molecule has 1 aromatic rings. The number of aromatic amines is 1. The van der Waals surface area contributed by atoms with E-state index in [1.54, 1.807) is 13.0 Å². The number of carbonyl (C=O) groups excluding carboxylic acids is 1. The second-order valence-electron chi connectivity index (χ2n) is 4.53. The SMILES string of the molecule is Cc1cc(C#N)c(=O)[nH]c1C(=O)NC[C@H]1CCCO1. The number of ether oxygens (including phenoxy) is 1. The number of hydrogen-bond acceptors (Lipinski definition) is 4. The fourth-order valence-corrected chi connectivity index (χ4v) is 2.05. The number of aromatic nitrogens is 1. The normalized spacial score (nSPS) is 18.0. The summed E-state index contributed by atoms with van der Waals surface area (Å²) in [5.41, 5.74) is 0.228. The molecule has 1 atom stereocenters. The minimum absolute atomic E-state index is 0.00757. The molecule has 1 aromatic heterocycles. The van der Waals surface area contributed by atoms with E-state index < -0.39 is 5.56 Å². The number of hydrogen-bond donors (Lipinski definition) is 2. The Labute approximate surface area is 110 Å². The number of H-pyrrole nitrogens is 1. The molecular weight excluding hydrogens is 246 g/mol. The zero-order chi connectivity index (χ0) is 13.8. The quantitative estimate of drug-likeness (QED) is 0.826. The monoisotopic (exact) mass is 261 g/mol. The molecule has 0 unspecified atom stereocenters. The molecule has 0 spiro atoms. The van der Waals surface area contributed by atoms with Gasteiger partial charge in [-0.25, -0.2) is 0 Å². The summed E-state index contributed by atoms with van der Waals surface area (Å²) >= 11 is 0. The summed E-state index contributed by atoms with van der Waals surface area (Å²) in [7, 11) is 0. The van der Waals surface area contributed by atoms with Crippen LogP contribution in [-0.4, -0.2) is 30.1 Å². The average Bonchev–Trinajstić information content (AvgIpc) is 2.91. The lowest BCUT2D eigenvalue weighted by Crippen LogP contribution is -2.34. The standard InChI is InChI=1S/C13H15N3O3/c1-8-5-9(6-14)12(17)16-11(8)13(18)15-7-10-3-2-4-19-10/h5,10H,2-4,7H2,1H3,(H,15,18)(H,16,17)/t10-/m1/s1. The van der Waals surface area contributed by atoms with Crippen LogP contribution in [-0.2, 0) is 4.74 Å². The van der Waals surface area contributed by atoms with Gasteiger partial charge in [-0.1, -0.05) is 0 Å². The average molecular weight is 261 g/mol. The second-order valence-corrected chi connectivity index (χ2v) is 4.53. The number of carbonyl (C=O) groups is 1. The number of nitrogens with zero attached hydrogens (tertiary/aromatic N) is 1. The van der Waals surface area contributed by atoms with Gasteiger partial charge in [0, 0.05) is 13.2 Å². The summed E-state index contributed by atoms with van der Waals surface area (Å²) in [4.78, 5) is 25.9. The Hall–Kier alpha value is -2.13. The van der Waals surface area contributed by atoms with Gasteiger partial charge in [0.2, 0.25) is 0 Å². The first-order chi connectivity index (χ1) is 9.11. The highest BCUT2D eigenvalue weighted by Crippen LogP contribution is 2.11. The van der Waals surface area contributed by atoms with E-state index in [-0.39, 0.29) is 23.3 Å². The highest BCUT2D eigenvalue weighted by Gasteiger charge is 2.18. The van der Waals surface area contributed by atoms with Crippen molar-refractivity contribution in [2.24, 2.45) is 0 Å². The lowest BCUT2D eigenvalue weighted by Gasteiger charge is -2.11. The Kier molecular flexibility index (Phi) is 3.97. The van der Waals surface area contributed by atoms with Gasteiger partial charge in [-0.05, 0) is 31.4 Å². The van der Waals surface area contributed by atoms with E-state index in [4.69, 9.17) is 10.00 Å². The molecule has 6 nitrogen and oxygen atoms in total. The summed E-state index contributed by atoms with van der Waals surface area (Å²) in [5.74, 6) is -0.352. The van der Waals surface area contributed by atoms with Crippen molar-refractivity contribution in [1.82, 2.24) is 10.3 Å². The van der Waals surface area contributed by atoms with Crippen molar-refractivity contribution in [3.8, 4) is 6.07 Å². The summed E-state index contributed by atoms with van der Waals surface area (Å²) in [5, 5.41) is 11.5. The van der Waals surface area contributed by atoms with Crippen molar-refractivity contribution in [3.63, 3.8) is 0 Å². The molecule has 1 saturated heterocycles. The van der Waals surface area contributed by atoms with Crippen molar-refractivity contribution in [3.05, 3.63) is 33.2 Å². The van der Waals surface area contributed by atoms with Crippen LogP contribution in [0.15, 0.2) is 10.9 Å². The molecule has 0 saturated carbocycles. The first-order valence-electron chi connectivity index (χ1n) is 6.15. The number of pyridine rings is 1. The third kappa shape index (κ3) is 3.01. The molecule has 19 heavy (non-hydrogen) atoms. The Morgan fingerprint density at radius 2 is 2.47 bits per heavy atom. The van der Waals surface area contributed by atoms with Gasteiger partial charge in [0.1, 0.15) is 17.3 Å². The smallest absolute Gasteiger partial charge is 0.268 e. The van der Waals surface area contributed by atoms with Crippen LogP contribution in [0, 0.1) is 18.3 Å². The fourth-order valence-electron chi connectivity index (χ4n) is 2.05. The number of amides is 1. The molecule has 2 heterocycles. The molecule has 0 bridgehead atoms. The summed E-state index contributed by atoms with van der Waals surface area (Å²) < 4.78 is 5.40. The van der Waals surface area contributed by atoms with E-state index in [9.17, 15) is 9.59 Å². The van der Waals surface area contributed by atoms with Crippen LogP contribution in [0.1, 0.15) is 34.5 Å². The third-order valence-corrected chi connectivity index (χ3v) is 3.10. The molecule has 100 valence electrons. The van der Waals surface area contributed by atoms with Gasteiger partial charge in [0.15, 0.2) is 0 Å². The van der Waals surface area contributed by atoms with Gasteiger partial charge >= 0.3 is 0 Å². The summed E-state index contributed by atoms with van der Waals surface area (Å²) in [6.07, 6.45) is 1.99. The molecule has 1 amide bonds. The zero-order valence-electron chi connectivity index (χ0n) is 10.7. The van der Waals surface area contributed by atoms with Crippen LogP contribution in [0.4, 0.5) is 0 Å². The first-order valence-corrected chi connectivity index (χ1v) is 6.15. The zero-order valence-corrected chi connectivity index (χ0v) is 10.7. The Morgan fingerprint density at radius 3 is 3.11 bits per heavy atom. The van der Waals surface area contributed by atoms with E-state index >= 15 is 0 Å². The molecule has 1 aliphatic heterocycles. The maximum atomic E-state index is 12.0. The number of nitriles is 1. The Bertz CT molecular complexity index is 580. The fraction of sp³-hybridized carbons (Fsp3) is 0.462. The van der Waals surface area contributed by atoms with Gasteiger partial charge in [0.25, 0.3) is 11.5 Å². The summed E-state index contributed by atoms with van der Waals surface area (Å²) in [6, 6.07) is 3.20. The van der Waals surface area contributed by atoms with Crippen LogP contribution in [0.5, 0.6) is 0 Å².